The molecule has 0 fully saturated rings. The van der Waals surface area contributed by atoms with Gasteiger partial charge in [-0.3, -0.25) is 4.79 Å². The molecule has 0 aliphatic rings. The fourth-order valence-corrected chi connectivity index (χ4v) is 1.85. The van der Waals surface area contributed by atoms with E-state index in [2.05, 4.69) is 21.2 Å². The van der Waals surface area contributed by atoms with Crippen molar-refractivity contribution in [2.75, 3.05) is 0 Å². The molecule has 1 unspecified atom stereocenters. The van der Waals surface area contributed by atoms with Gasteiger partial charge in [0.15, 0.2) is 6.04 Å². The highest BCUT2D eigenvalue weighted by atomic mass is 79.9. The highest BCUT2D eigenvalue weighted by molar-refractivity contribution is 9.10. The van der Waals surface area contributed by atoms with Crippen LogP contribution < -0.4 is 5.32 Å². The maximum absolute atomic E-state index is 11.4. The number of hydrogen-bond acceptors (Lipinski definition) is 2. The molecule has 17 heavy (non-hydrogen) atoms. The van der Waals surface area contributed by atoms with Gasteiger partial charge in [0.25, 0.3) is 0 Å². The summed E-state index contributed by atoms with van der Waals surface area (Å²) < 4.78 is 0.783. The zero-order valence-corrected chi connectivity index (χ0v) is 11.0. The van der Waals surface area contributed by atoms with Crippen LogP contribution in [0.15, 0.2) is 28.7 Å². The maximum atomic E-state index is 11.4. The predicted molar refractivity (Wildman–Crippen MR) is 67.6 cm³/mol. The lowest BCUT2D eigenvalue weighted by atomic mass is 10.1. The van der Waals surface area contributed by atoms with E-state index in [0.717, 1.165) is 4.47 Å². The minimum absolute atomic E-state index is 0.250. The molecule has 92 valence electrons. The molecule has 0 bridgehead atoms. The van der Waals surface area contributed by atoms with E-state index < -0.39 is 12.0 Å². The Bertz CT molecular complexity index is 420. The van der Waals surface area contributed by atoms with Crippen molar-refractivity contribution >= 4 is 27.8 Å². The molecule has 0 saturated carbocycles. The molecule has 0 radical (unpaired) electrons. The van der Waals surface area contributed by atoms with Crippen molar-refractivity contribution < 1.29 is 14.7 Å². The van der Waals surface area contributed by atoms with Crippen molar-refractivity contribution in [2.24, 2.45) is 0 Å². The van der Waals surface area contributed by atoms with Gasteiger partial charge in [-0.05, 0) is 24.1 Å². The molecule has 2 N–H and O–H groups in total. The number of carbonyl (C=O) groups excluding carboxylic acids is 1. The number of halogens is 1. The average molecular weight is 300 g/mol. The van der Waals surface area contributed by atoms with Crippen LogP contribution in [-0.2, 0) is 9.59 Å². The lowest BCUT2D eigenvalue weighted by Gasteiger charge is -2.14. The van der Waals surface area contributed by atoms with Crippen LogP contribution in [0.25, 0.3) is 0 Å². The maximum Gasteiger partial charge on any atom is 0.330 e. The largest absolute Gasteiger partial charge is 0.479 e. The molecule has 5 heteroatoms. The Hall–Kier alpha value is -1.36. The van der Waals surface area contributed by atoms with Crippen molar-refractivity contribution in [1.82, 2.24) is 5.32 Å². The molecule has 0 spiro atoms. The van der Waals surface area contributed by atoms with Crippen LogP contribution in [0, 0.1) is 0 Å². The molecule has 0 saturated heterocycles. The second-order valence-corrected chi connectivity index (χ2v) is 4.56. The molecule has 1 amide bonds. The first-order chi connectivity index (χ1) is 8.04. The number of rotatable bonds is 5. The second kappa shape index (κ2) is 6.39. The molecule has 0 heterocycles. The number of hydrogen-bond donors (Lipinski definition) is 2. The minimum Gasteiger partial charge on any atom is -0.479 e. The Morgan fingerprint density at radius 2 is 2.18 bits per heavy atom. The van der Waals surface area contributed by atoms with E-state index in [9.17, 15) is 9.59 Å². The van der Waals surface area contributed by atoms with Crippen LogP contribution in [0.2, 0.25) is 0 Å². The highest BCUT2D eigenvalue weighted by Crippen LogP contribution is 2.18. The van der Waals surface area contributed by atoms with E-state index in [1.54, 1.807) is 24.3 Å². The van der Waals surface area contributed by atoms with Crippen molar-refractivity contribution in [1.29, 1.82) is 0 Å². The fourth-order valence-electron chi connectivity index (χ4n) is 1.43. The molecule has 4 nitrogen and oxygen atoms in total. The summed E-state index contributed by atoms with van der Waals surface area (Å²) in [5.41, 5.74) is 0.552. The quantitative estimate of drug-likeness (QED) is 0.878. The van der Waals surface area contributed by atoms with Gasteiger partial charge in [-0.15, -0.1) is 0 Å². The average Bonchev–Trinajstić information content (AvgIpc) is 2.26. The molecule has 0 aliphatic heterocycles. The standard InChI is InChI=1S/C12H14BrNO3/c1-2-4-10(15)14-11(12(16)17)8-5-3-6-9(13)7-8/h3,5-7,11H,2,4H2,1H3,(H,14,15)(H,16,17). The number of nitrogens with one attached hydrogen (secondary N) is 1. The Kier molecular flexibility index (Phi) is 5.15. The topological polar surface area (TPSA) is 66.4 Å². The van der Waals surface area contributed by atoms with Crippen molar-refractivity contribution in [3.8, 4) is 0 Å². The minimum atomic E-state index is -1.06. The van der Waals surface area contributed by atoms with E-state index >= 15 is 0 Å². The van der Waals surface area contributed by atoms with E-state index in [0.29, 0.717) is 18.4 Å². The van der Waals surface area contributed by atoms with Crippen LogP contribution in [0.1, 0.15) is 31.4 Å². The zero-order valence-electron chi connectivity index (χ0n) is 9.44. The molecular formula is C12H14BrNO3. The number of carboxylic acids is 1. The van der Waals surface area contributed by atoms with Crippen molar-refractivity contribution in [3.05, 3.63) is 34.3 Å². The Labute approximate surface area is 108 Å². The number of amides is 1. The first kappa shape index (κ1) is 13.7. The van der Waals surface area contributed by atoms with E-state index in [1.807, 2.05) is 6.92 Å². The third kappa shape index (κ3) is 4.19. The Morgan fingerprint density at radius 1 is 1.47 bits per heavy atom. The van der Waals surface area contributed by atoms with Crippen LogP contribution in [0.4, 0.5) is 0 Å². The number of carboxylic acid groups (broad SMARTS) is 1. The van der Waals surface area contributed by atoms with E-state index in [1.165, 1.54) is 0 Å². The molecule has 1 aromatic rings. The molecule has 1 aromatic carbocycles. The number of carbonyl (C=O) groups is 2. The van der Waals surface area contributed by atoms with E-state index in [-0.39, 0.29) is 5.91 Å². The third-order valence-corrected chi connectivity index (χ3v) is 2.70. The summed E-state index contributed by atoms with van der Waals surface area (Å²) in [6, 6.07) is 5.91. The van der Waals surface area contributed by atoms with Crippen LogP contribution in [-0.4, -0.2) is 17.0 Å². The molecular weight excluding hydrogens is 286 g/mol. The van der Waals surface area contributed by atoms with Gasteiger partial charge < -0.3 is 10.4 Å². The first-order valence-corrected chi connectivity index (χ1v) is 6.11. The van der Waals surface area contributed by atoms with Crippen LogP contribution in [0.3, 0.4) is 0 Å². The summed E-state index contributed by atoms with van der Waals surface area (Å²) in [4.78, 5) is 22.6. The molecule has 1 rings (SSSR count). The van der Waals surface area contributed by atoms with E-state index in [4.69, 9.17) is 5.11 Å². The van der Waals surface area contributed by atoms with Gasteiger partial charge in [0.1, 0.15) is 0 Å². The summed E-state index contributed by atoms with van der Waals surface area (Å²) in [5, 5.41) is 11.6. The second-order valence-electron chi connectivity index (χ2n) is 3.64. The summed E-state index contributed by atoms with van der Waals surface area (Å²) in [5.74, 6) is -1.31. The summed E-state index contributed by atoms with van der Waals surface area (Å²) >= 11 is 3.27. The molecule has 0 aromatic heterocycles. The lowest BCUT2D eigenvalue weighted by molar-refractivity contribution is -0.142. The van der Waals surface area contributed by atoms with Gasteiger partial charge >= 0.3 is 5.97 Å². The van der Waals surface area contributed by atoms with Crippen molar-refractivity contribution in [3.63, 3.8) is 0 Å². The SMILES string of the molecule is CCCC(=O)NC(C(=O)O)c1cccc(Br)c1. The summed E-state index contributed by atoms with van der Waals surface area (Å²) in [7, 11) is 0. The Balaban J connectivity index is 2.86. The summed E-state index contributed by atoms with van der Waals surface area (Å²) in [6.45, 7) is 1.87. The normalized spacial score (nSPS) is 11.9. The highest BCUT2D eigenvalue weighted by Gasteiger charge is 2.21. The van der Waals surface area contributed by atoms with Gasteiger partial charge in [-0.25, -0.2) is 4.79 Å². The molecule has 1 atom stereocenters. The monoisotopic (exact) mass is 299 g/mol. The third-order valence-electron chi connectivity index (χ3n) is 2.21. The number of benzene rings is 1. The fraction of sp³-hybridized carbons (Fsp3) is 0.333. The van der Waals surface area contributed by atoms with Gasteiger partial charge in [0.05, 0.1) is 0 Å². The predicted octanol–water partition coefficient (Wildman–Crippen LogP) is 2.49. The van der Waals surface area contributed by atoms with Crippen LogP contribution >= 0.6 is 15.9 Å². The number of aliphatic carboxylic acids is 1. The Morgan fingerprint density at radius 3 is 2.71 bits per heavy atom. The van der Waals surface area contributed by atoms with Gasteiger partial charge in [-0.1, -0.05) is 35.0 Å². The van der Waals surface area contributed by atoms with Gasteiger partial charge in [0, 0.05) is 10.9 Å². The zero-order chi connectivity index (χ0) is 12.8. The molecule has 0 aliphatic carbocycles. The van der Waals surface area contributed by atoms with Crippen molar-refractivity contribution in [2.45, 2.75) is 25.8 Å². The lowest BCUT2D eigenvalue weighted by Crippen LogP contribution is -2.33. The first-order valence-electron chi connectivity index (χ1n) is 5.32. The smallest absolute Gasteiger partial charge is 0.330 e. The van der Waals surface area contributed by atoms with Gasteiger partial charge in [0.2, 0.25) is 5.91 Å². The van der Waals surface area contributed by atoms with Crippen LogP contribution in [0.5, 0.6) is 0 Å². The summed E-state index contributed by atoms with van der Waals surface area (Å²) in [6.07, 6.45) is 1.02. The van der Waals surface area contributed by atoms with Gasteiger partial charge in [-0.2, -0.15) is 0 Å².